The van der Waals surface area contributed by atoms with E-state index >= 15 is 0 Å². The summed E-state index contributed by atoms with van der Waals surface area (Å²) in [7, 11) is 1.84. The molecule has 2 aliphatic rings. The molecule has 24 heavy (non-hydrogen) atoms. The van der Waals surface area contributed by atoms with Crippen LogP contribution < -0.4 is 10.6 Å². The largest absolute Gasteiger partial charge is 0.381 e. The van der Waals surface area contributed by atoms with Gasteiger partial charge in [0.1, 0.15) is 0 Å². The molecular weight excluding hydrogens is 304 g/mol. The summed E-state index contributed by atoms with van der Waals surface area (Å²) in [6, 6.07) is 0. The zero-order chi connectivity index (χ0) is 17.0. The van der Waals surface area contributed by atoms with Crippen LogP contribution in [0.15, 0.2) is 4.99 Å². The second-order valence-corrected chi connectivity index (χ2v) is 6.99. The van der Waals surface area contributed by atoms with Gasteiger partial charge in [-0.15, -0.1) is 0 Å². The normalized spacial score (nSPS) is 25.3. The van der Waals surface area contributed by atoms with Crippen LogP contribution in [0.3, 0.4) is 0 Å². The van der Waals surface area contributed by atoms with Crippen molar-refractivity contribution in [2.75, 3.05) is 66.2 Å². The maximum Gasteiger partial charge on any atom is 0.190 e. The van der Waals surface area contributed by atoms with E-state index in [0.29, 0.717) is 5.92 Å². The fourth-order valence-corrected chi connectivity index (χ4v) is 3.41. The monoisotopic (exact) mass is 340 g/mol. The Labute approximate surface area is 147 Å². The van der Waals surface area contributed by atoms with Crippen molar-refractivity contribution in [3.8, 4) is 0 Å². The van der Waals surface area contributed by atoms with Gasteiger partial charge in [0.15, 0.2) is 5.96 Å². The van der Waals surface area contributed by atoms with E-state index in [1.54, 1.807) is 0 Å². The zero-order valence-corrected chi connectivity index (χ0v) is 15.6. The number of ether oxygens (including phenoxy) is 2. The summed E-state index contributed by atoms with van der Waals surface area (Å²) < 4.78 is 11.1. The standard InChI is InChI=1S/C18H36N4O2/c1-3-8-22-9-5-16(13-22)12-21-18(19-2)20-7-4-10-23-14-17-6-11-24-15-17/h16-17H,3-15H2,1-2H3,(H2,19,20,21). The molecule has 2 rings (SSSR count). The number of nitrogens with zero attached hydrogens (tertiary/aromatic N) is 2. The molecule has 2 heterocycles. The molecule has 0 bridgehead atoms. The quantitative estimate of drug-likeness (QED) is 0.357. The highest BCUT2D eigenvalue weighted by Crippen LogP contribution is 2.15. The molecule has 0 aromatic rings. The number of hydrogen-bond acceptors (Lipinski definition) is 4. The van der Waals surface area contributed by atoms with Crippen LogP contribution in [0, 0.1) is 11.8 Å². The minimum Gasteiger partial charge on any atom is -0.381 e. The minimum absolute atomic E-state index is 0.603. The minimum atomic E-state index is 0.603. The Morgan fingerprint density at radius 3 is 2.96 bits per heavy atom. The number of hydrogen-bond donors (Lipinski definition) is 2. The SMILES string of the molecule is CCCN1CCC(CNC(=NC)NCCCOCC2CCOC2)C1. The lowest BCUT2D eigenvalue weighted by atomic mass is 10.1. The van der Waals surface area contributed by atoms with E-state index in [1.807, 2.05) is 7.05 Å². The van der Waals surface area contributed by atoms with Crippen molar-refractivity contribution in [2.45, 2.75) is 32.6 Å². The molecule has 0 radical (unpaired) electrons. The summed E-state index contributed by atoms with van der Waals surface area (Å²) in [5, 5.41) is 6.84. The summed E-state index contributed by atoms with van der Waals surface area (Å²) in [6.45, 7) is 11.3. The third-order valence-corrected chi connectivity index (χ3v) is 4.83. The topological polar surface area (TPSA) is 58.1 Å². The van der Waals surface area contributed by atoms with Gasteiger partial charge in [-0.05, 0) is 44.7 Å². The number of likely N-dealkylation sites (tertiary alicyclic amines) is 1. The van der Waals surface area contributed by atoms with Gasteiger partial charge in [-0.3, -0.25) is 4.99 Å². The van der Waals surface area contributed by atoms with Crippen molar-refractivity contribution in [1.29, 1.82) is 0 Å². The second-order valence-electron chi connectivity index (χ2n) is 6.99. The van der Waals surface area contributed by atoms with Gasteiger partial charge >= 0.3 is 0 Å². The molecule has 2 N–H and O–H groups in total. The van der Waals surface area contributed by atoms with E-state index in [2.05, 4.69) is 27.4 Å². The fourth-order valence-electron chi connectivity index (χ4n) is 3.41. The average Bonchev–Trinajstić information content (AvgIpc) is 3.26. The molecule has 0 saturated carbocycles. The molecule has 0 aliphatic carbocycles. The predicted molar refractivity (Wildman–Crippen MR) is 98.6 cm³/mol. The first-order chi connectivity index (χ1) is 11.8. The maximum absolute atomic E-state index is 5.72. The van der Waals surface area contributed by atoms with Crippen molar-refractivity contribution in [1.82, 2.24) is 15.5 Å². The fraction of sp³-hybridized carbons (Fsp3) is 0.944. The summed E-state index contributed by atoms with van der Waals surface area (Å²) >= 11 is 0. The lowest BCUT2D eigenvalue weighted by Gasteiger charge is -2.17. The molecular formula is C18H36N4O2. The number of rotatable bonds is 10. The van der Waals surface area contributed by atoms with Crippen LogP contribution in [0.5, 0.6) is 0 Å². The first-order valence-corrected chi connectivity index (χ1v) is 9.64. The van der Waals surface area contributed by atoms with Crippen LogP contribution in [0.2, 0.25) is 0 Å². The highest BCUT2D eigenvalue weighted by Gasteiger charge is 2.21. The van der Waals surface area contributed by atoms with Crippen LogP contribution in [0.25, 0.3) is 0 Å². The molecule has 0 aromatic heterocycles. The smallest absolute Gasteiger partial charge is 0.190 e. The van der Waals surface area contributed by atoms with E-state index in [1.165, 1.54) is 32.5 Å². The Balaban J connectivity index is 1.46. The predicted octanol–water partition coefficient (Wildman–Crippen LogP) is 1.33. The summed E-state index contributed by atoms with van der Waals surface area (Å²) in [6.07, 6.45) is 4.69. The van der Waals surface area contributed by atoms with Crippen LogP contribution >= 0.6 is 0 Å². The van der Waals surface area contributed by atoms with Crippen LogP contribution in [0.4, 0.5) is 0 Å². The third kappa shape index (κ3) is 7.36. The van der Waals surface area contributed by atoms with Crippen LogP contribution in [-0.4, -0.2) is 77.1 Å². The van der Waals surface area contributed by atoms with Gasteiger partial charge < -0.3 is 25.0 Å². The first-order valence-electron chi connectivity index (χ1n) is 9.64. The lowest BCUT2D eigenvalue weighted by Crippen LogP contribution is -2.40. The average molecular weight is 341 g/mol. The maximum atomic E-state index is 5.72. The molecule has 0 amide bonds. The van der Waals surface area contributed by atoms with Crippen molar-refractivity contribution < 1.29 is 9.47 Å². The zero-order valence-electron chi connectivity index (χ0n) is 15.6. The van der Waals surface area contributed by atoms with Crippen molar-refractivity contribution in [3.63, 3.8) is 0 Å². The molecule has 2 saturated heterocycles. The molecule has 2 unspecified atom stereocenters. The second kappa shape index (κ2) is 11.7. The number of nitrogens with one attached hydrogen (secondary N) is 2. The van der Waals surface area contributed by atoms with Gasteiger partial charge in [0, 0.05) is 45.8 Å². The van der Waals surface area contributed by atoms with Gasteiger partial charge in [-0.2, -0.15) is 0 Å². The molecule has 6 nitrogen and oxygen atoms in total. The van der Waals surface area contributed by atoms with E-state index in [9.17, 15) is 0 Å². The lowest BCUT2D eigenvalue weighted by molar-refractivity contribution is 0.0888. The van der Waals surface area contributed by atoms with Crippen molar-refractivity contribution in [2.24, 2.45) is 16.8 Å². The van der Waals surface area contributed by atoms with Gasteiger partial charge in [0.2, 0.25) is 0 Å². The molecule has 0 spiro atoms. The molecule has 6 heteroatoms. The van der Waals surface area contributed by atoms with Crippen LogP contribution in [0.1, 0.15) is 32.6 Å². The Hall–Kier alpha value is -0.850. The van der Waals surface area contributed by atoms with Gasteiger partial charge in [0.25, 0.3) is 0 Å². The third-order valence-electron chi connectivity index (χ3n) is 4.83. The highest BCUT2D eigenvalue weighted by molar-refractivity contribution is 5.79. The number of aliphatic imine (C=N–C) groups is 1. The van der Waals surface area contributed by atoms with Gasteiger partial charge in [-0.25, -0.2) is 0 Å². The summed E-state index contributed by atoms with van der Waals surface area (Å²) in [4.78, 5) is 6.87. The number of guanidine groups is 1. The molecule has 0 aromatic carbocycles. The van der Waals surface area contributed by atoms with Gasteiger partial charge in [-0.1, -0.05) is 6.92 Å². The molecule has 2 aliphatic heterocycles. The summed E-state index contributed by atoms with van der Waals surface area (Å²) in [5.74, 6) is 2.26. The molecule has 2 fully saturated rings. The Morgan fingerprint density at radius 1 is 1.29 bits per heavy atom. The molecule has 140 valence electrons. The Morgan fingerprint density at radius 2 is 2.21 bits per heavy atom. The van der Waals surface area contributed by atoms with E-state index in [0.717, 1.165) is 64.2 Å². The van der Waals surface area contributed by atoms with Crippen molar-refractivity contribution in [3.05, 3.63) is 0 Å². The van der Waals surface area contributed by atoms with Crippen LogP contribution in [-0.2, 0) is 9.47 Å². The van der Waals surface area contributed by atoms with E-state index < -0.39 is 0 Å². The Bertz CT molecular complexity index is 359. The Kier molecular flexibility index (Phi) is 9.46. The van der Waals surface area contributed by atoms with Crippen molar-refractivity contribution >= 4 is 5.96 Å². The summed E-state index contributed by atoms with van der Waals surface area (Å²) in [5.41, 5.74) is 0. The first kappa shape index (κ1) is 19.5. The highest BCUT2D eigenvalue weighted by atomic mass is 16.5. The van der Waals surface area contributed by atoms with Gasteiger partial charge in [0.05, 0.1) is 13.2 Å². The molecule has 2 atom stereocenters. The van der Waals surface area contributed by atoms with E-state index in [4.69, 9.17) is 9.47 Å². The van der Waals surface area contributed by atoms with E-state index in [-0.39, 0.29) is 0 Å².